The summed E-state index contributed by atoms with van der Waals surface area (Å²) in [6, 6.07) is 24.7. The molecule has 0 aliphatic carbocycles. The van der Waals surface area contributed by atoms with E-state index in [4.69, 9.17) is 9.73 Å². The zero-order valence-electron chi connectivity index (χ0n) is 19.7. The largest absolute Gasteiger partial charge is 0.508 e. The number of nitrogens with one attached hydrogen (secondary N) is 1. The third-order valence-corrected chi connectivity index (χ3v) is 6.53. The van der Waals surface area contributed by atoms with Crippen LogP contribution in [0.1, 0.15) is 29.7 Å². The number of phenolic OH excluding ortho intramolecular Hbond substituents is 1. The highest BCUT2D eigenvalue weighted by molar-refractivity contribution is 9.10. The normalized spacial score (nSPS) is 16.8. The highest BCUT2D eigenvalue weighted by atomic mass is 79.9. The van der Waals surface area contributed by atoms with Crippen LogP contribution in [0.4, 0.5) is 0 Å². The lowest BCUT2D eigenvalue weighted by molar-refractivity contribution is -0.136. The highest BCUT2D eigenvalue weighted by Gasteiger charge is 2.35. The first-order valence-electron chi connectivity index (χ1n) is 11.4. The number of benzene rings is 3. The smallest absolute Gasteiger partial charge is 0.337 e. The minimum Gasteiger partial charge on any atom is -0.508 e. The van der Waals surface area contributed by atoms with E-state index in [1.807, 2.05) is 66.4 Å². The molecule has 0 bridgehead atoms. The van der Waals surface area contributed by atoms with Crippen molar-refractivity contribution in [1.82, 2.24) is 10.2 Å². The number of hydrogen-bond donors (Lipinski definition) is 2. The molecule has 0 saturated carbocycles. The zero-order chi connectivity index (χ0) is 24.8. The van der Waals surface area contributed by atoms with Gasteiger partial charge in [-0.05, 0) is 54.3 Å². The summed E-state index contributed by atoms with van der Waals surface area (Å²) in [6.45, 7) is 3.05. The molecule has 180 valence electrons. The number of aromatic hydroxyl groups is 1. The minimum atomic E-state index is -0.394. The molecule has 4 rings (SSSR count). The van der Waals surface area contributed by atoms with Gasteiger partial charge in [-0.2, -0.15) is 0 Å². The number of methoxy groups -OCH3 is 1. The fourth-order valence-electron chi connectivity index (χ4n) is 4.12. The topological polar surface area (TPSA) is 74.2 Å². The van der Waals surface area contributed by atoms with Crippen molar-refractivity contribution in [3.63, 3.8) is 0 Å². The second-order valence-electron chi connectivity index (χ2n) is 8.31. The number of hydrogen-bond acceptors (Lipinski definition) is 4. The van der Waals surface area contributed by atoms with Crippen LogP contribution in [0.15, 0.2) is 99.6 Å². The average Bonchev–Trinajstić information content (AvgIpc) is 2.87. The Labute approximate surface area is 214 Å². The van der Waals surface area contributed by atoms with Crippen LogP contribution in [0.2, 0.25) is 0 Å². The lowest BCUT2D eigenvalue weighted by Crippen LogP contribution is -2.48. The molecule has 1 atom stereocenters. The number of ether oxygens (including phenoxy) is 1. The van der Waals surface area contributed by atoms with Gasteiger partial charge in [-0.3, -0.25) is 4.99 Å². The predicted molar refractivity (Wildman–Crippen MR) is 141 cm³/mol. The molecule has 35 heavy (non-hydrogen) atoms. The lowest BCUT2D eigenvalue weighted by atomic mass is 9.94. The Hall–Kier alpha value is -3.58. The number of guanidine groups is 1. The van der Waals surface area contributed by atoms with Crippen molar-refractivity contribution in [2.24, 2.45) is 4.99 Å². The number of phenols is 1. The molecule has 0 amide bonds. The highest BCUT2D eigenvalue weighted by Crippen LogP contribution is 2.32. The van der Waals surface area contributed by atoms with Crippen molar-refractivity contribution >= 4 is 27.9 Å². The summed E-state index contributed by atoms with van der Waals surface area (Å²) in [5, 5.41) is 13.1. The van der Waals surface area contributed by atoms with Gasteiger partial charge in [-0.1, -0.05) is 70.5 Å². The fourth-order valence-corrected chi connectivity index (χ4v) is 4.38. The molecule has 1 aliphatic heterocycles. The van der Waals surface area contributed by atoms with Crippen LogP contribution in [0, 0.1) is 0 Å². The summed E-state index contributed by atoms with van der Waals surface area (Å²) in [6.07, 6.45) is 0.722. The molecule has 1 heterocycles. The van der Waals surface area contributed by atoms with Crippen molar-refractivity contribution in [1.29, 1.82) is 0 Å². The molecule has 3 aromatic carbocycles. The molecular formula is C28H28BrN3O3. The molecule has 0 aromatic heterocycles. The molecule has 1 aliphatic rings. The van der Waals surface area contributed by atoms with Gasteiger partial charge < -0.3 is 20.1 Å². The summed E-state index contributed by atoms with van der Waals surface area (Å²) in [5.74, 6) is 0.575. The molecule has 3 aromatic rings. The van der Waals surface area contributed by atoms with Crippen LogP contribution in [0.25, 0.3) is 0 Å². The quantitative estimate of drug-likeness (QED) is 0.400. The maximum Gasteiger partial charge on any atom is 0.337 e. The fraction of sp³-hybridized carbons (Fsp3) is 0.214. The van der Waals surface area contributed by atoms with E-state index < -0.39 is 6.04 Å². The Morgan fingerprint density at radius 2 is 1.71 bits per heavy atom. The Bertz CT molecular complexity index is 1220. The van der Waals surface area contributed by atoms with Crippen LogP contribution in [0.3, 0.4) is 0 Å². The minimum absolute atomic E-state index is 0.247. The van der Waals surface area contributed by atoms with Crippen molar-refractivity contribution < 1.29 is 14.6 Å². The number of aliphatic imine (C=N–C) groups is 1. The predicted octanol–water partition coefficient (Wildman–Crippen LogP) is 5.35. The number of halogens is 1. The van der Waals surface area contributed by atoms with E-state index in [9.17, 15) is 9.90 Å². The van der Waals surface area contributed by atoms with E-state index >= 15 is 0 Å². The van der Waals surface area contributed by atoms with Gasteiger partial charge in [-0.15, -0.1) is 0 Å². The first-order chi connectivity index (χ1) is 17.0. The Morgan fingerprint density at radius 1 is 1.03 bits per heavy atom. The standard InChI is InChI=1S/C28H28BrN3O3/c1-19-25(27(34)35-2)26(22-10-12-23(29)13-11-22)31-28(32(19)18-21-6-4-3-5-7-21)30-17-16-20-8-14-24(33)15-9-20/h3-15,26,33H,16-18H2,1-2H3,(H,30,31)/t26-/m0/s1. The average molecular weight is 534 g/mol. The Kier molecular flexibility index (Phi) is 7.87. The second kappa shape index (κ2) is 11.2. The van der Waals surface area contributed by atoms with E-state index in [2.05, 4.69) is 33.4 Å². The van der Waals surface area contributed by atoms with Crippen LogP contribution < -0.4 is 5.32 Å². The van der Waals surface area contributed by atoms with Crippen molar-refractivity contribution in [3.8, 4) is 5.75 Å². The number of nitrogens with zero attached hydrogens (tertiary/aromatic N) is 2. The van der Waals surface area contributed by atoms with E-state index in [-0.39, 0.29) is 11.7 Å². The molecule has 0 fully saturated rings. The second-order valence-corrected chi connectivity index (χ2v) is 9.23. The molecular weight excluding hydrogens is 506 g/mol. The van der Waals surface area contributed by atoms with Gasteiger partial charge in [0.2, 0.25) is 0 Å². The molecule has 7 heteroatoms. The van der Waals surface area contributed by atoms with Crippen molar-refractivity contribution in [2.45, 2.75) is 25.9 Å². The van der Waals surface area contributed by atoms with Crippen molar-refractivity contribution in [2.75, 3.05) is 13.7 Å². The first kappa shape index (κ1) is 24.5. The maximum atomic E-state index is 12.9. The van der Waals surface area contributed by atoms with E-state index in [1.54, 1.807) is 12.1 Å². The number of esters is 1. The monoisotopic (exact) mass is 533 g/mol. The van der Waals surface area contributed by atoms with Gasteiger partial charge in [0.25, 0.3) is 0 Å². The van der Waals surface area contributed by atoms with Gasteiger partial charge in [0.15, 0.2) is 5.96 Å². The number of carbonyl (C=O) groups excluding carboxylic acids is 1. The van der Waals surface area contributed by atoms with Crippen LogP contribution >= 0.6 is 15.9 Å². The molecule has 0 spiro atoms. The summed E-state index contributed by atoms with van der Waals surface area (Å²) in [4.78, 5) is 19.9. The van der Waals surface area contributed by atoms with Crippen LogP contribution in [-0.4, -0.2) is 35.6 Å². The van der Waals surface area contributed by atoms with E-state index in [1.165, 1.54) is 7.11 Å². The Balaban J connectivity index is 1.72. The molecule has 2 N–H and O–H groups in total. The lowest BCUT2D eigenvalue weighted by Gasteiger charge is -2.38. The molecule has 0 saturated heterocycles. The van der Waals surface area contributed by atoms with Gasteiger partial charge in [0, 0.05) is 16.7 Å². The number of carbonyl (C=O) groups is 1. The molecule has 6 nitrogen and oxygen atoms in total. The number of rotatable bonds is 7. The van der Waals surface area contributed by atoms with Gasteiger partial charge in [0.1, 0.15) is 5.75 Å². The first-order valence-corrected chi connectivity index (χ1v) is 12.2. The summed E-state index contributed by atoms with van der Waals surface area (Å²) in [7, 11) is 1.41. The van der Waals surface area contributed by atoms with Gasteiger partial charge in [-0.25, -0.2) is 4.79 Å². The number of allylic oxidation sites excluding steroid dienone is 1. The van der Waals surface area contributed by atoms with Crippen molar-refractivity contribution in [3.05, 3.63) is 111 Å². The maximum absolute atomic E-state index is 12.9. The summed E-state index contributed by atoms with van der Waals surface area (Å²) < 4.78 is 6.15. The van der Waals surface area contributed by atoms with E-state index in [0.717, 1.165) is 33.3 Å². The van der Waals surface area contributed by atoms with Crippen LogP contribution in [-0.2, 0) is 22.5 Å². The zero-order valence-corrected chi connectivity index (χ0v) is 21.3. The van der Waals surface area contributed by atoms with Gasteiger partial charge in [0.05, 0.1) is 25.3 Å². The molecule has 0 radical (unpaired) electrons. The molecule has 0 unspecified atom stereocenters. The van der Waals surface area contributed by atoms with Crippen LogP contribution in [0.5, 0.6) is 5.75 Å². The third-order valence-electron chi connectivity index (χ3n) is 6.00. The summed E-state index contributed by atoms with van der Waals surface area (Å²) >= 11 is 3.49. The summed E-state index contributed by atoms with van der Waals surface area (Å²) in [5.41, 5.74) is 4.49. The Morgan fingerprint density at radius 3 is 2.37 bits per heavy atom. The SMILES string of the molecule is COC(=O)C1=C(C)N(Cc2ccccc2)C(=NCCc2ccc(O)cc2)N[C@H]1c1ccc(Br)cc1. The van der Waals surface area contributed by atoms with E-state index in [0.29, 0.717) is 24.6 Å². The third kappa shape index (κ3) is 5.92. The van der Waals surface area contributed by atoms with Gasteiger partial charge >= 0.3 is 5.97 Å².